The van der Waals surface area contributed by atoms with Crippen LogP contribution in [-0.4, -0.2) is 136 Å². The average Bonchev–Trinajstić information content (AvgIpc) is 1.67. The van der Waals surface area contributed by atoms with E-state index < -0.39 is 46.4 Å². The van der Waals surface area contributed by atoms with Crippen LogP contribution in [-0.2, 0) is 33.8 Å². The van der Waals surface area contributed by atoms with E-state index in [-0.39, 0.29) is 71.8 Å². The fourth-order valence-electron chi connectivity index (χ4n) is 13.4. The number of benzene rings is 8. The van der Waals surface area contributed by atoms with Gasteiger partial charge in [-0.3, -0.25) is 4.79 Å². The number of carboxylic acids is 2. The second-order valence-corrected chi connectivity index (χ2v) is 42.2. The number of nitrogens with one attached hydrogen (secondary N) is 1. The minimum absolute atomic E-state index is 0. The number of hydrogen-bond donors (Lipinski definition) is 4. The molecule has 14 rings (SSSR count). The predicted octanol–water partition coefficient (Wildman–Crippen LogP) is 13.6. The Hall–Kier alpha value is -7.00. The molecule has 0 spiro atoms. The molecule has 21 nitrogen and oxygen atoms in total. The normalized spacial score (nSPS) is 17.9. The van der Waals surface area contributed by atoms with Gasteiger partial charge in [0.1, 0.15) is 77.1 Å². The molecule has 5 N–H and O–H groups in total. The first-order chi connectivity index (χ1) is 52.1. The van der Waals surface area contributed by atoms with Crippen LogP contribution in [0.4, 0.5) is 56.1 Å². The summed E-state index contributed by atoms with van der Waals surface area (Å²) >= 11 is 9.54. The first-order valence-electron chi connectivity index (χ1n) is 34.1. The largest absolute Gasteiger partial charge is 0.478 e. The molecule has 4 saturated heterocycles. The summed E-state index contributed by atoms with van der Waals surface area (Å²) in [7, 11) is 0. The standard InChI is InChI=1S/C38H37F3N6O3.C32H33F2N5O4.C7H7NO2.I3.I2.HI/c1-26-18-33(46-16-14-45(15-17-46)32-9-2-28(3-10-32)37(48)44-31-7-4-29(39)5-8-31)11-13-36(26)49-21-27-20-38(50-22-27,23-47-25-42-24-43-47)34-12-6-30(40)19-35(34)41;1-22-14-27(38-12-10-37(11-13-38)26-5-2-24(3-6-26)31(40)41)7-9-30(22)42-17-23-16-32(43-18-23,19-39-21-35-20-36-39)28-8-4-25(33)15-29(28)34;8-6-3-1-5(2-4-6)7(9)10;1-3-2;1-2;/h2-13,18-19,24-25,27H,14-17,20-23H2,1H3,(H,44,48);2-9,14-15,20-21,23H,10-13,16-19H2,1H3,(H,40,41);1-4H,8H2,(H,9,10);;;1H/q;;;-1;;/t27-,38+;23-,32+;;;;/m11..../s1. The Labute approximate surface area is 698 Å². The van der Waals surface area contributed by atoms with Crippen LogP contribution in [0.1, 0.15) is 66.2 Å². The van der Waals surface area contributed by atoms with Gasteiger partial charge in [0.05, 0.1) is 50.6 Å². The van der Waals surface area contributed by atoms with Crippen molar-refractivity contribution in [2.24, 2.45) is 11.8 Å². The molecule has 0 aliphatic carbocycles. The number of ether oxygens (including phenoxy) is 4. The number of hydrogen-bond acceptors (Lipinski definition) is 16. The van der Waals surface area contributed by atoms with Crippen molar-refractivity contribution in [3.63, 3.8) is 0 Å². The topological polar surface area (TPSA) is 241 Å². The van der Waals surface area contributed by atoms with E-state index >= 15 is 0 Å². The van der Waals surface area contributed by atoms with Crippen molar-refractivity contribution in [1.29, 1.82) is 0 Å². The van der Waals surface area contributed by atoms with Crippen LogP contribution in [0.3, 0.4) is 0 Å². The summed E-state index contributed by atoms with van der Waals surface area (Å²) in [6, 6.07) is 45.8. The molecule has 2 aromatic heterocycles. The molecule has 578 valence electrons. The molecular formula is C77H78F5I6N12O9-. The van der Waals surface area contributed by atoms with Gasteiger partial charge in [-0.25, -0.2) is 50.9 Å². The molecule has 0 unspecified atom stereocenters. The number of nitrogen functional groups attached to an aromatic ring is 1. The number of carbonyl (C=O) groups is 3. The molecule has 4 aliphatic heterocycles. The maximum atomic E-state index is 15.0. The Bertz CT molecular complexity index is 4580. The van der Waals surface area contributed by atoms with E-state index in [1.807, 2.05) is 50.2 Å². The van der Waals surface area contributed by atoms with Gasteiger partial charge < -0.3 is 59.8 Å². The first kappa shape index (κ1) is 86.0. The Morgan fingerprint density at radius 2 is 0.881 bits per heavy atom. The van der Waals surface area contributed by atoms with Gasteiger partial charge in [0, 0.05) is 164 Å². The number of aromatic nitrogens is 6. The minimum atomic E-state index is -1.03. The molecule has 6 heterocycles. The van der Waals surface area contributed by atoms with Crippen LogP contribution in [0.5, 0.6) is 11.5 Å². The number of piperazine rings is 2. The van der Waals surface area contributed by atoms with Gasteiger partial charge in [-0.15, -0.1) is 24.0 Å². The zero-order valence-electron chi connectivity index (χ0n) is 58.9. The number of nitrogens with two attached hydrogens (primary N) is 1. The van der Waals surface area contributed by atoms with E-state index in [0.29, 0.717) is 80.6 Å². The van der Waals surface area contributed by atoms with Crippen molar-refractivity contribution < 1.29 is 78.8 Å². The number of anilines is 6. The van der Waals surface area contributed by atoms with Gasteiger partial charge in [0.25, 0.3) is 5.91 Å². The summed E-state index contributed by atoms with van der Waals surface area (Å²) in [5.41, 5.74) is 12.4. The molecular weight excluding hydrogens is 2090 g/mol. The summed E-state index contributed by atoms with van der Waals surface area (Å²) in [6.45, 7) is 12.7. The minimum Gasteiger partial charge on any atom is -0.478 e. The zero-order chi connectivity index (χ0) is 76.9. The Morgan fingerprint density at radius 3 is 1.24 bits per heavy atom. The van der Waals surface area contributed by atoms with Gasteiger partial charge in [-0.05, 0) is 183 Å². The van der Waals surface area contributed by atoms with Gasteiger partial charge in [-0.1, -0.05) is 12.1 Å². The van der Waals surface area contributed by atoms with Crippen LogP contribution in [0.15, 0.2) is 195 Å². The molecule has 0 saturated carbocycles. The average molecular weight is 2170 g/mol. The maximum Gasteiger partial charge on any atom is 0.335 e. The molecule has 10 aromatic rings. The monoisotopic (exact) mass is 2170 g/mol. The number of carbonyl (C=O) groups excluding carboxylic acids is 1. The van der Waals surface area contributed by atoms with Crippen LogP contribution < -0.4 is 53.4 Å². The zero-order valence-corrected chi connectivity index (χ0v) is 72.1. The molecule has 0 radical (unpaired) electrons. The van der Waals surface area contributed by atoms with E-state index in [1.54, 1.807) is 58.4 Å². The van der Waals surface area contributed by atoms with Crippen LogP contribution in [0.2, 0.25) is 0 Å². The third kappa shape index (κ3) is 23.6. The first-order valence-corrected chi connectivity index (χ1v) is 52.9. The number of nitrogens with zero attached hydrogens (tertiary/aromatic N) is 10. The van der Waals surface area contributed by atoms with Gasteiger partial charge >= 0.3 is 62.4 Å². The van der Waals surface area contributed by atoms with Crippen LogP contribution in [0.25, 0.3) is 0 Å². The van der Waals surface area contributed by atoms with Crippen molar-refractivity contribution in [2.75, 3.05) is 109 Å². The second-order valence-electron chi connectivity index (χ2n) is 26.0. The third-order valence-corrected chi connectivity index (χ3v) is 18.8. The third-order valence-electron chi connectivity index (χ3n) is 18.8. The predicted molar refractivity (Wildman–Crippen MR) is 450 cm³/mol. The molecule has 4 atom stereocenters. The van der Waals surface area contributed by atoms with Crippen LogP contribution >= 0.6 is 98.4 Å². The van der Waals surface area contributed by atoms with Crippen molar-refractivity contribution >= 4 is 150 Å². The molecule has 0 bridgehead atoms. The number of amides is 1. The van der Waals surface area contributed by atoms with E-state index in [9.17, 15) is 36.3 Å². The second kappa shape index (κ2) is 41.5. The summed E-state index contributed by atoms with van der Waals surface area (Å²) in [6.07, 6.45) is 6.90. The summed E-state index contributed by atoms with van der Waals surface area (Å²) in [4.78, 5) is 51.3. The number of halogens is 11. The van der Waals surface area contributed by atoms with Crippen LogP contribution in [0, 0.1) is 54.8 Å². The van der Waals surface area contributed by atoms with Gasteiger partial charge in [0.2, 0.25) is 0 Å². The molecule has 8 aromatic carbocycles. The molecule has 109 heavy (non-hydrogen) atoms. The van der Waals surface area contributed by atoms with E-state index in [2.05, 4.69) is 144 Å². The fraction of sp³-hybridized carbons (Fsp3) is 0.286. The smallest absolute Gasteiger partial charge is 0.335 e. The maximum absolute atomic E-state index is 15.0. The Balaban J connectivity index is 0.000000211. The molecule has 4 fully saturated rings. The summed E-state index contributed by atoms with van der Waals surface area (Å²) < 4.78 is 98.7. The Morgan fingerprint density at radius 1 is 0.523 bits per heavy atom. The van der Waals surface area contributed by atoms with Crippen molar-refractivity contribution in [1.82, 2.24) is 29.5 Å². The number of rotatable bonds is 20. The fourth-order valence-corrected chi connectivity index (χ4v) is 13.4. The molecule has 1 amide bonds. The number of aryl methyl sites for hydroxylation is 2. The number of aromatic carboxylic acids is 2. The van der Waals surface area contributed by atoms with E-state index in [4.69, 9.17) is 34.9 Å². The number of carboxylic acid groups (broad SMARTS) is 2. The Kier molecular flexibility index (Phi) is 32.7. The van der Waals surface area contributed by atoms with Gasteiger partial charge in [-0.2, -0.15) is 10.2 Å². The SMILES string of the molecule is Cc1cc(N2CCN(c3ccc(C(=O)Nc4ccc(F)cc4)cc3)CC2)ccc1OC[C@@H]1CO[C@@](Cn2cncn2)(c2ccc(F)cc2F)C1.Cc1cc(N2CCN(c3ccc(C(=O)O)cc3)CC2)ccc1OC[C@@H]1CO[C@@](Cn2cncn2)(c2ccc(F)cc2F)C1.I.II.I[I-]I.Nc1ccc(C(=O)O)cc1. The summed E-state index contributed by atoms with van der Waals surface area (Å²) in [5, 5.41) is 28.7. The van der Waals surface area contributed by atoms with E-state index in [1.165, 1.54) is 73.3 Å². The molecule has 32 heteroatoms. The molecule has 4 aliphatic rings. The van der Waals surface area contributed by atoms with E-state index in [0.717, 1.165) is 110 Å². The van der Waals surface area contributed by atoms with Crippen molar-refractivity contribution in [3.05, 3.63) is 263 Å². The van der Waals surface area contributed by atoms with Crippen molar-refractivity contribution in [3.8, 4) is 11.5 Å². The summed E-state index contributed by atoms with van der Waals surface area (Å²) in [5.74, 6) is -3.50. The van der Waals surface area contributed by atoms with Gasteiger partial charge in [0.15, 0.2) is 0 Å². The van der Waals surface area contributed by atoms with Crippen molar-refractivity contribution in [2.45, 2.75) is 51.0 Å². The quantitative estimate of drug-likeness (QED) is 0.0315.